The van der Waals surface area contributed by atoms with E-state index < -0.39 is 5.97 Å². The summed E-state index contributed by atoms with van der Waals surface area (Å²) < 4.78 is 0. The smallest absolute Gasteiger partial charge is 0.306 e. The fourth-order valence-electron chi connectivity index (χ4n) is 1.85. The molecule has 1 fully saturated rings. The Kier molecular flexibility index (Phi) is 3.09. The largest absolute Gasteiger partial charge is 0.481 e. The molecule has 0 bridgehead atoms. The number of hydrogen-bond donors (Lipinski definition) is 2. The molecule has 1 atom stereocenters. The minimum absolute atomic E-state index is 0.197. The van der Waals surface area contributed by atoms with Crippen molar-refractivity contribution in [2.75, 3.05) is 0 Å². The average Bonchev–Trinajstić information content (AvgIpc) is 2.04. The molecule has 0 radical (unpaired) electrons. The van der Waals surface area contributed by atoms with Crippen LogP contribution in [-0.4, -0.2) is 17.1 Å². The summed E-state index contributed by atoms with van der Waals surface area (Å²) in [5, 5.41) is 8.77. The molecule has 3 heteroatoms. The van der Waals surface area contributed by atoms with Gasteiger partial charge in [-0.1, -0.05) is 6.92 Å². The van der Waals surface area contributed by atoms with Crippen molar-refractivity contribution in [1.82, 2.24) is 0 Å². The van der Waals surface area contributed by atoms with E-state index in [-0.39, 0.29) is 5.92 Å². The van der Waals surface area contributed by atoms with E-state index in [1.165, 1.54) is 0 Å². The van der Waals surface area contributed by atoms with Crippen LogP contribution >= 0.6 is 0 Å². The normalized spacial score (nSPS) is 32.8. The quantitative estimate of drug-likeness (QED) is 0.656. The molecule has 3 N–H and O–H groups in total. The molecule has 3 nitrogen and oxygen atoms in total. The lowest BCUT2D eigenvalue weighted by Crippen LogP contribution is -2.31. The summed E-state index contributed by atoms with van der Waals surface area (Å²) in [4.78, 5) is 10.6. The van der Waals surface area contributed by atoms with E-state index in [1.807, 2.05) is 0 Å². The molecule has 1 saturated carbocycles. The molecule has 0 spiro atoms. The van der Waals surface area contributed by atoms with Crippen LogP contribution in [-0.2, 0) is 4.79 Å². The van der Waals surface area contributed by atoms with Crippen LogP contribution in [0.1, 0.15) is 32.6 Å². The Balaban J connectivity index is 2.39. The van der Waals surface area contributed by atoms with Crippen LogP contribution in [0.2, 0.25) is 0 Å². The number of aliphatic carboxylic acids is 1. The van der Waals surface area contributed by atoms with Gasteiger partial charge in [-0.3, -0.25) is 4.79 Å². The maximum atomic E-state index is 10.6. The van der Waals surface area contributed by atoms with E-state index in [0.717, 1.165) is 25.7 Å². The standard InChI is InChI=1S/C9H17NO2/c1-6(9(11)12)7-2-4-8(10)5-3-7/h6-8H,2-5,10H2,1H3,(H,11,12). The lowest BCUT2D eigenvalue weighted by Gasteiger charge is -2.28. The van der Waals surface area contributed by atoms with Crippen molar-refractivity contribution >= 4 is 5.97 Å². The minimum Gasteiger partial charge on any atom is -0.481 e. The molecule has 1 aliphatic rings. The first kappa shape index (κ1) is 9.52. The average molecular weight is 171 g/mol. The summed E-state index contributed by atoms with van der Waals surface area (Å²) >= 11 is 0. The summed E-state index contributed by atoms with van der Waals surface area (Å²) in [5.41, 5.74) is 5.73. The molecule has 0 amide bonds. The molecule has 1 unspecified atom stereocenters. The molecular weight excluding hydrogens is 154 g/mol. The van der Waals surface area contributed by atoms with Crippen molar-refractivity contribution in [2.24, 2.45) is 17.6 Å². The fourth-order valence-corrected chi connectivity index (χ4v) is 1.85. The maximum Gasteiger partial charge on any atom is 0.306 e. The Morgan fingerprint density at radius 1 is 1.42 bits per heavy atom. The van der Waals surface area contributed by atoms with Gasteiger partial charge in [-0.15, -0.1) is 0 Å². The van der Waals surface area contributed by atoms with E-state index in [2.05, 4.69) is 0 Å². The predicted octanol–water partition coefficient (Wildman–Crippen LogP) is 1.22. The zero-order valence-electron chi connectivity index (χ0n) is 7.49. The first-order valence-electron chi connectivity index (χ1n) is 4.59. The molecule has 0 aromatic carbocycles. The summed E-state index contributed by atoms with van der Waals surface area (Å²) in [6.45, 7) is 1.80. The van der Waals surface area contributed by atoms with Gasteiger partial charge >= 0.3 is 5.97 Å². The van der Waals surface area contributed by atoms with Crippen molar-refractivity contribution in [3.8, 4) is 0 Å². The van der Waals surface area contributed by atoms with E-state index >= 15 is 0 Å². The first-order valence-corrected chi connectivity index (χ1v) is 4.59. The maximum absolute atomic E-state index is 10.6. The molecule has 1 aliphatic carbocycles. The summed E-state index contributed by atoms with van der Waals surface area (Å²) in [6, 6.07) is 0.308. The van der Waals surface area contributed by atoms with Crippen LogP contribution in [0.5, 0.6) is 0 Å². The van der Waals surface area contributed by atoms with E-state index in [4.69, 9.17) is 10.8 Å². The highest BCUT2D eigenvalue weighted by Crippen LogP contribution is 2.29. The Hall–Kier alpha value is -0.570. The second kappa shape index (κ2) is 3.90. The van der Waals surface area contributed by atoms with E-state index in [1.54, 1.807) is 6.92 Å². The van der Waals surface area contributed by atoms with Gasteiger partial charge in [-0.25, -0.2) is 0 Å². The number of carboxylic acids is 1. The number of hydrogen-bond acceptors (Lipinski definition) is 2. The Labute approximate surface area is 72.9 Å². The van der Waals surface area contributed by atoms with Crippen LogP contribution in [0.3, 0.4) is 0 Å². The third-order valence-corrected chi connectivity index (χ3v) is 2.91. The van der Waals surface area contributed by atoms with Crippen LogP contribution in [0.25, 0.3) is 0 Å². The Morgan fingerprint density at radius 3 is 2.33 bits per heavy atom. The molecule has 1 rings (SSSR count). The minimum atomic E-state index is -0.671. The zero-order chi connectivity index (χ0) is 9.14. The number of rotatable bonds is 2. The lowest BCUT2D eigenvalue weighted by molar-refractivity contribution is -0.143. The van der Waals surface area contributed by atoms with Crippen molar-refractivity contribution in [2.45, 2.75) is 38.6 Å². The van der Waals surface area contributed by atoms with Gasteiger partial charge in [-0.05, 0) is 31.6 Å². The first-order chi connectivity index (χ1) is 5.61. The van der Waals surface area contributed by atoms with Crippen molar-refractivity contribution in [3.63, 3.8) is 0 Å². The van der Waals surface area contributed by atoms with Crippen molar-refractivity contribution < 1.29 is 9.90 Å². The highest BCUT2D eigenvalue weighted by molar-refractivity contribution is 5.69. The van der Waals surface area contributed by atoms with Crippen LogP contribution < -0.4 is 5.73 Å². The van der Waals surface area contributed by atoms with Crippen LogP contribution in [0.4, 0.5) is 0 Å². The Morgan fingerprint density at radius 2 is 1.92 bits per heavy atom. The van der Waals surface area contributed by atoms with Crippen LogP contribution in [0.15, 0.2) is 0 Å². The van der Waals surface area contributed by atoms with Gasteiger partial charge in [0.25, 0.3) is 0 Å². The monoisotopic (exact) mass is 171 g/mol. The van der Waals surface area contributed by atoms with Crippen LogP contribution in [0, 0.1) is 11.8 Å². The van der Waals surface area contributed by atoms with Crippen molar-refractivity contribution in [1.29, 1.82) is 0 Å². The highest BCUT2D eigenvalue weighted by Gasteiger charge is 2.27. The zero-order valence-corrected chi connectivity index (χ0v) is 7.49. The second-order valence-electron chi connectivity index (χ2n) is 3.80. The Bertz CT molecular complexity index is 162. The fraction of sp³-hybridized carbons (Fsp3) is 0.889. The van der Waals surface area contributed by atoms with E-state index in [0.29, 0.717) is 12.0 Å². The van der Waals surface area contributed by atoms with Gasteiger partial charge in [0.2, 0.25) is 0 Å². The summed E-state index contributed by atoms with van der Waals surface area (Å²) in [5.74, 6) is -0.518. The lowest BCUT2D eigenvalue weighted by atomic mass is 9.79. The van der Waals surface area contributed by atoms with E-state index in [9.17, 15) is 4.79 Å². The molecule has 12 heavy (non-hydrogen) atoms. The topological polar surface area (TPSA) is 63.3 Å². The second-order valence-corrected chi connectivity index (χ2v) is 3.80. The predicted molar refractivity (Wildman–Crippen MR) is 46.7 cm³/mol. The molecule has 0 aromatic heterocycles. The molecule has 0 aliphatic heterocycles. The number of carboxylic acid groups (broad SMARTS) is 1. The number of carbonyl (C=O) groups is 1. The highest BCUT2D eigenvalue weighted by atomic mass is 16.4. The SMILES string of the molecule is CC(C(=O)O)C1CCC(N)CC1. The van der Waals surface area contributed by atoms with Gasteiger partial charge in [0.1, 0.15) is 0 Å². The van der Waals surface area contributed by atoms with Gasteiger partial charge in [0.05, 0.1) is 5.92 Å². The van der Waals surface area contributed by atoms with Gasteiger partial charge < -0.3 is 10.8 Å². The molecule has 0 saturated heterocycles. The third kappa shape index (κ3) is 2.21. The molecule has 0 aromatic rings. The summed E-state index contributed by atoms with van der Waals surface area (Å²) in [7, 11) is 0. The van der Waals surface area contributed by atoms with Crippen molar-refractivity contribution in [3.05, 3.63) is 0 Å². The molecule has 0 heterocycles. The van der Waals surface area contributed by atoms with Gasteiger partial charge in [0, 0.05) is 6.04 Å². The van der Waals surface area contributed by atoms with Gasteiger partial charge in [-0.2, -0.15) is 0 Å². The molecular formula is C9H17NO2. The molecule has 70 valence electrons. The van der Waals surface area contributed by atoms with Gasteiger partial charge in [0.15, 0.2) is 0 Å². The third-order valence-electron chi connectivity index (χ3n) is 2.91. The number of nitrogens with two attached hydrogens (primary N) is 1. The summed E-state index contributed by atoms with van der Waals surface area (Å²) in [6.07, 6.45) is 3.94.